The molecule has 0 unspecified atom stereocenters. The molecular formula is C16H16N2O2. The molecule has 0 amide bonds. The van der Waals surface area contributed by atoms with Gasteiger partial charge in [-0.2, -0.15) is 0 Å². The smallest absolute Gasteiger partial charge is 0.328 e. The summed E-state index contributed by atoms with van der Waals surface area (Å²) in [6.45, 7) is 2.03. The van der Waals surface area contributed by atoms with Gasteiger partial charge in [0.15, 0.2) is 0 Å². The molecule has 4 heteroatoms. The van der Waals surface area contributed by atoms with Gasteiger partial charge < -0.3 is 10.0 Å². The maximum Gasteiger partial charge on any atom is 0.328 e. The number of hydrogen-bond acceptors (Lipinski definition) is 3. The van der Waals surface area contributed by atoms with E-state index in [1.54, 1.807) is 18.3 Å². The average molecular weight is 268 g/mol. The molecule has 0 aliphatic heterocycles. The molecule has 20 heavy (non-hydrogen) atoms. The standard InChI is InChI=1S/C16H16N2O2/c1-12-5-3-7-14(11-12)18(2)16-13(6-4-10-17-16)8-9-15(19)20/h3-11H,1-2H3,(H,19,20)/b9-8+. The molecule has 0 aliphatic rings. The summed E-state index contributed by atoms with van der Waals surface area (Å²) in [5.41, 5.74) is 2.93. The highest BCUT2D eigenvalue weighted by atomic mass is 16.4. The molecular weight excluding hydrogens is 252 g/mol. The number of benzene rings is 1. The predicted molar refractivity (Wildman–Crippen MR) is 80.1 cm³/mol. The van der Waals surface area contributed by atoms with Crippen molar-refractivity contribution >= 4 is 23.6 Å². The van der Waals surface area contributed by atoms with Crippen LogP contribution in [-0.2, 0) is 4.79 Å². The summed E-state index contributed by atoms with van der Waals surface area (Å²) in [7, 11) is 1.91. The zero-order chi connectivity index (χ0) is 14.5. The van der Waals surface area contributed by atoms with Gasteiger partial charge in [0, 0.05) is 30.6 Å². The van der Waals surface area contributed by atoms with E-state index in [2.05, 4.69) is 11.1 Å². The quantitative estimate of drug-likeness (QED) is 0.865. The van der Waals surface area contributed by atoms with Crippen LogP contribution in [-0.4, -0.2) is 23.1 Å². The fraction of sp³-hybridized carbons (Fsp3) is 0.125. The van der Waals surface area contributed by atoms with E-state index < -0.39 is 5.97 Å². The minimum Gasteiger partial charge on any atom is -0.478 e. The number of aromatic nitrogens is 1. The van der Waals surface area contributed by atoms with Gasteiger partial charge in [0.1, 0.15) is 5.82 Å². The molecule has 2 rings (SSSR count). The molecule has 1 heterocycles. The number of carboxylic acid groups (broad SMARTS) is 1. The summed E-state index contributed by atoms with van der Waals surface area (Å²) in [6.07, 6.45) is 4.36. The molecule has 0 spiro atoms. The van der Waals surface area contributed by atoms with Crippen LogP contribution in [0.2, 0.25) is 0 Å². The van der Waals surface area contributed by atoms with E-state index >= 15 is 0 Å². The number of carboxylic acids is 1. The van der Waals surface area contributed by atoms with E-state index in [9.17, 15) is 4.79 Å². The van der Waals surface area contributed by atoms with Crippen LogP contribution in [0.25, 0.3) is 6.08 Å². The average Bonchev–Trinajstić information content (AvgIpc) is 2.44. The lowest BCUT2D eigenvalue weighted by Crippen LogP contribution is -2.12. The van der Waals surface area contributed by atoms with Crippen LogP contribution in [0.3, 0.4) is 0 Å². The van der Waals surface area contributed by atoms with E-state index in [-0.39, 0.29) is 0 Å². The van der Waals surface area contributed by atoms with Crippen molar-refractivity contribution in [3.63, 3.8) is 0 Å². The molecule has 0 radical (unpaired) electrons. The molecule has 0 aliphatic carbocycles. The minimum absolute atomic E-state index is 0.718. The fourth-order valence-electron chi connectivity index (χ4n) is 1.94. The first-order valence-electron chi connectivity index (χ1n) is 6.24. The third-order valence-corrected chi connectivity index (χ3v) is 2.93. The third-order valence-electron chi connectivity index (χ3n) is 2.93. The fourth-order valence-corrected chi connectivity index (χ4v) is 1.94. The van der Waals surface area contributed by atoms with E-state index in [0.717, 1.165) is 28.7 Å². The van der Waals surface area contributed by atoms with Crippen LogP contribution in [0.15, 0.2) is 48.7 Å². The lowest BCUT2D eigenvalue weighted by molar-refractivity contribution is -0.131. The second kappa shape index (κ2) is 6.02. The molecule has 102 valence electrons. The molecule has 0 fully saturated rings. The van der Waals surface area contributed by atoms with Gasteiger partial charge in [0.25, 0.3) is 0 Å². The van der Waals surface area contributed by atoms with Gasteiger partial charge in [-0.15, -0.1) is 0 Å². The highest BCUT2D eigenvalue weighted by molar-refractivity contribution is 5.87. The zero-order valence-corrected chi connectivity index (χ0v) is 11.4. The number of nitrogens with zero attached hydrogens (tertiary/aromatic N) is 2. The summed E-state index contributed by atoms with van der Waals surface area (Å²) in [4.78, 5) is 16.9. The van der Waals surface area contributed by atoms with Crippen LogP contribution in [0.5, 0.6) is 0 Å². The van der Waals surface area contributed by atoms with Crippen molar-refractivity contribution < 1.29 is 9.90 Å². The van der Waals surface area contributed by atoms with Crippen molar-refractivity contribution in [1.82, 2.24) is 4.98 Å². The molecule has 2 aromatic rings. The lowest BCUT2D eigenvalue weighted by Gasteiger charge is -2.20. The number of aliphatic carboxylic acids is 1. The van der Waals surface area contributed by atoms with Crippen molar-refractivity contribution in [3.05, 3.63) is 59.8 Å². The van der Waals surface area contributed by atoms with Crippen LogP contribution >= 0.6 is 0 Å². The van der Waals surface area contributed by atoms with E-state index in [1.807, 2.05) is 43.1 Å². The third kappa shape index (κ3) is 3.23. The minimum atomic E-state index is -0.974. The van der Waals surface area contributed by atoms with Crippen molar-refractivity contribution in [3.8, 4) is 0 Å². The summed E-state index contributed by atoms with van der Waals surface area (Å²) in [5.74, 6) is -0.256. The Kier molecular flexibility index (Phi) is 4.15. The van der Waals surface area contributed by atoms with Crippen molar-refractivity contribution in [2.75, 3.05) is 11.9 Å². The molecule has 0 bridgehead atoms. The molecule has 4 nitrogen and oxygen atoms in total. The van der Waals surface area contributed by atoms with E-state index in [4.69, 9.17) is 5.11 Å². The van der Waals surface area contributed by atoms with Gasteiger partial charge in [0.2, 0.25) is 0 Å². The number of pyridine rings is 1. The van der Waals surface area contributed by atoms with Gasteiger partial charge >= 0.3 is 5.97 Å². The van der Waals surface area contributed by atoms with Gasteiger partial charge in [0.05, 0.1) is 0 Å². The summed E-state index contributed by atoms with van der Waals surface area (Å²) < 4.78 is 0. The maximum absolute atomic E-state index is 10.6. The Labute approximate surface area is 118 Å². The van der Waals surface area contributed by atoms with Gasteiger partial charge in [-0.1, -0.05) is 12.1 Å². The Morgan fingerprint density at radius 2 is 2.10 bits per heavy atom. The van der Waals surface area contributed by atoms with Crippen LogP contribution < -0.4 is 4.90 Å². The Morgan fingerprint density at radius 3 is 2.80 bits per heavy atom. The number of hydrogen-bond donors (Lipinski definition) is 1. The lowest BCUT2D eigenvalue weighted by atomic mass is 10.2. The van der Waals surface area contributed by atoms with Crippen LogP contribution in [0.4, 0.5) is 11.5 Å². The number of carbonyl (C=O) groups is 1. The Hall–Kier alpha value is -2.62. The first kappa shape index (κ1) is 13.8. The van der Waals surface area contributed by atoms with Gasteiger partial charge in [-0.3, -0.25) is 0 Å². The molecule has 0 saturated heterocycles. The summed E-state index contributed by atoms with van der Waals surface area (Å²) in [6, 6.07) is 11.7. The van der Waals surface area contributed by atoms with Crippen molar-refractivity contribution in [2.45, 2.75) is 6.92 Å². The van der Waals surface area contributed by atoms with Crippen molar-refractivity contribution in [2.24, 2.45) is 0 Å². The summed E-state index contributed by atoms with van der Waals surface area (Å²) in [5, 5.41) is 8.74. The van der Waals surface area contributed by atoms with E-state index in [1.165, 1.54) is 0 Å². The number of anilines is 2. The predicted octanol–water partition coefficient (Wildman–Crippen LogP) is 3.26. The molecule has 0 saturated carbocycles. The highest BCUT2D eigenvalue weighted by Gasteiger charge is 2.09. The number of rotatable bonds is 4. The Balaban J connectivity index is 2.39. The normalized spacial score (nSPS) is 10.7. The second-order valence-corrected chi connectivity index (χ2v) is 4.49. The first-order chi connectivity index (χ1) is 9.58. The SMILES string of the molecule is Cc1cccc(N(C)c2ncccc2/C=C/C(=O)O)c1. The highest BCUT2D eigenvalue weighted by Crippen LogP contribution is 2.26. The van der Waals surface area contributed by atoms with Crippen molar-refractivity contribution in [1.29, 1.82) is 0 Å². The topological polar surface area (TPSA) is 53.4 Å². The Morgan fingerprint density at radius 1 is 1.30 bits per heavy atom. The monoisotopic (exact) mass is 268 g/mol. The zero-order valence-electron chi connectivity index (χ0n) is 11.4. The molecule has 1 N–H and O–H groups in total. The largest absolute Gasteiger partial charge is 0.478 e. The van der Waals surface area contributed by atoms with E-state index in [0.29, 0.717) is 0 Å². The first-order valence-corrected chi connectivity index (χ1v) is 6.24. The Bertz CT molecular complexity index is 650. The van der Waals surface area contributed by atoms with Crippen LogP contribution in [0.1, 0.15) is 11.1 Å². The second-order valence-electron chi connectivity index (χ2n) is 4.49. The molecule has 1 aromatic carbocycles. The summed E-state index contributed by atoms with van der Waals surface area (Å²) >= 11 is 0. The number of aryl methyl sites for hydroxylation is 1. The van der Waals surface area contributed by atoms with Crippen LogP contribution in [0, 0.1) is 6.92 Å². The molecule has 0 atom stereocenters. The van der Waals surface area contributed by atoms with Gasteiger partial charge in [-0.25, -0.2) is 9.78 Å². The molecule has 1 aromatic heterocycles. The van der Waals surface area contributed by atoms with Gasteiger partial charge in [-0.05, 0) is 42.8 Å². The maximum atomic E-state index is 10.6.